The molecule has 0 aliphatic carbocycles. The molecule has 4 nitrogen and oxygen atoms in total. The van der Waals surface area contributed by atoms with Gasteiger partial charge in [-0.15, -0.1) is 0 Å². The van der Waals surface area contributed by atoms with Gasteiger partial charge >= 0.3 is 0 Å². The Morgan fingerprint density at radius 1 is 1.79 bits per heavy atom. The normalized spacial score (nSPS) is 26.9. The fourth-order valence-corrected chi connectivity index (χ4v) is 2.45. The summed E-state index contributed by atoms with van der Waals surface area (Å²) in [6.07, 6.45) is 5.05. The van der Waals surface area contributed by atoms with Crippen molar-refractivity contribution in [3.63, 3.8) is 0 Å². The maximum Gasteiger partial charge on any atom is 0.195 e. The second kappa shape index (κ2) is 3.82. The topological polar surface area (TPSA) is 42.8 Å². The number of aromatic amines is 1. The predicted molar refractivity (Wildman–Crippen MR) is 55.7 cm³/mol. The van der Waals surface area contributed by atoms with E-state index in [1.165, 1.54) is 0 Å². The van der Waals surface area contributed by atoms with E-state index in [-0.39, 0.29) is 5.54 Å². The Morgan fingerprint density at radius 3 is 3.14 bits per heavy atom. The Kier molecular flexibility index (Phi) is 2.69. The average molecular weight is 213 g/mol. The van der Waals surface area contributed by atoms with E-state index in [1.54, 1.807) is 6.33 Å². The Bertz CT molecular complexity index is 351. The maximum absolute atomic E-state index is 5.48. The maximum atomic E-state index is 5.48. The molecule has 78 valence electrons. The lowest BCUT2D eigenvalue weighted by atomic mass is 9.93. The second-order valence-corrected chi connectivity index (χ2v) is 4.20. The molecule has 14 heavy (non-hydrogen) atoms. The van der Waals surface area contributed by atoms with Crippen LogP contribution in [0.25, 0.3) is 0 Å². The van der Waals surface area contributed by atoms with Crippen molar-refractivity contribution in [1.29, 1.82) is 0 Å². The molecule has 5 heteroatoms. The first-order valence-corrected chi connectivity index (χ1v) is 5.39. The van der Waals surface area contributed by atoms with Crippen molar-refractivity contribution in [2.75, 3.05) is 13.2 Å². The molecule has 0 radical (unpaired) electrons. The minimum atomic E-state index is 0.0544. The molecule has 1 aromatic heterocycles. The van der Waals surface area contributed by atoms with Gasteiger partial charge in [-0.3, -0.25) is 9.67 Å². The van der Waals surface area contributed by atoms with Crippen LogP contribution in [-0.4, -0.2) is 28.0 Å². The van der Waals surface area contributed by atoms with Crippen molar-refractivity contribution < 1.29 is 4.74 Å². The van der Waals surface area contributed by atoms with Gasteiger partial charge < -0.3 is 4.74 Å². The summed E-state index contributed by atoms with van der Waals surface area (Å²) in [6.45, 7) is 3.77. The average Bonchev–Trinajstić information content (AvgIpc) is 2.75. The first kappa shape index (κ1) is 9.86. The summed E-state index contributed by atoms with van der Waals surface area (Å²) in [6, 6.07) is 0. The zero-order valence-corrected chi connectivity index (χ0v) is 9.14. The molecular formula is C9H15N3OS. The van der Waals surface area contributed by atoms with E-state index in [9.17, 15) is 0 Å². The molecule has 1 aliphatic rings. The van der Waals surface area contributed by atoms with Crippen molar-refractivity contribution in [3.05, 3.63) is 11.1 Å². The van der Waals surface area contributed by atoms with Crippen LogP contribution in [0.4, 0.5) is 0 Å². The molecule has 0 bridgehead atoms. The lowest BCUT2D eigenvalue weighted by Gasteiger charge is -2.27. The van der Waals surface area contributed by atoms with Gasteiger partial charge in [-0.2, -0.15) is 5.10 Å². The van der Waals surface area contributed by atoms with Crippen LogP contribution in [0.3, 0.4) is 0 Å². The Balaban J connectivity index is 2.36. The zero-order valence-electron chi connectivity index (χ0n) is 8.32. The van der Waals surface area contributed by atoms with Crippen LogP contribution in [0.1, 0.15) is 26.2 Å². The molecular weight excluding hydrogens is 198 g/mol. The zero-order chi connectivity index (χ0) is 10.0. The van der Waals surface area contributed by atoms with Crippen molar-refractivity contribution in [2.24, 2.45) is 0 Å². The van der Waals surface area contributed by atoms with E-state index >= 15 is 0 Å². The van der Waals surface area contributed by atoms with E-state index < -0.39 is 0 Å². The molecule has 1 aliphatic heterocycles. The SMILES string of the molecule is CCCC1(n2cn[nH]c2=S)CCOC1. The standard InChI is InChI=1S/C9H15N3OS/c1-2-3-9(4-5-13-6-9)12-7-10-11-8(12)14/h7H,2-6H2,1H3,(H,11,14). The van der Waals surface area contributed by atoms with E-state index in [0.717, 1.165) is 32.5 Å². The lowest BCUT2D eigenvalue weighted by molar-refractivity contribution is 0.147. The number of hydrogen-bond acceptors (Lipinski definition) is 3. The largest absolute Gasteiger partial charge is 0.379 e. The molecule has 0 saturated carbocycles. The van der Waals surface area contributed by atoms with Gasteiger partial charge in [-0.25, -0.2) is 0 Å². The van der Waals surface area contributed by atoms with Crippen LogP contribution in [0.2, 0.25) is 0 Å². The highest BCUT2D eigenvalue weighted by Crippen LogP contribution is 2.32. The highest BCUT2D eigenvalue weighted by atomic mass is 32.1. The highest BCUT2D eigenvalue weighted by Gasteiger charge is 2.36. The molecule has 1 saturated heterocycles. The van der Waals surface area contributed by atoms with Crippen LogP contribution < -0.4 is 0 Å². The molecule has 2 rings (SSSR count). The fraction of sp³-hybridized carbons (Fsp3) is 0.778. The van der Waals surface area contributed by atoms with E-state index in [4.69, 9.17) is 17.0 Å². The molecule has 1 aromatic rings. The van der Waals surface area contributed by atoms with Crippen LogP contribution in [0.15, 0.2) is 6.33 Å². The number of nitrogens with zero attached hydrogens (tertiary/aromatic N) is 2. The van der Waals surface area contributed by atoms with Gasteiger partial charge in [0.15, 0.2) is 4.77 Å². The summed E-state index contributed by atoms with van der Waals surface area (Å²) in [5.74, 6) is 0. The molecule has 0 aromatic carbocycles. The van der Waals surface area contributed by atoms with Crippen molar-refractivity contribution >= 4 is 12.2 Å². The molecule has 0 amide bonds. The van der Waals surface area contributed by atoms with Crippen LogP contribution >= 0.6 is 12.2 Å². The van der Waals surface area contributed by atoms with E-state index in [1.807, 2.05) is 0 Å². The summed E-state index contributed by atoms with van der Waals surface area (Å²) in [5.41, 5.74) is 0.0544. The van der Waals surface area contributed by atoms with E-state index in [2.05, 4.69) is 21.7 Å². The van der Waals surface area contributed by atoms with Gasteiger partial charge in [0.05, 0.1) is 12.1 Å². The second-order valence-electron chi connectivity index (χ2n) is 3.81. The Hall–Kier alpha value is -0.680. The van der Waals surface area contributed by atoms with Gasteiger partial charge in [-0.1, -0.05) is 13.3 Å². The van der Waals surface area contributed by atoms with Crippen molar-refractivity contribution in [2.45, 2.75) is 31.7 Å². The highest BCUT2D eigenvalue weighted by molar-refractivity contribution is 7.71. The first-order valence-electron chi connectivity index (χ1n) is 4.99. The summed E-state index contributed by atoms with van der Waals surface area (Å²) >= 11 is 5.20. The number of rotatable bonds is 3. The number of nitrogens with one attached hydrogen (secondary N) is 1. The Labute approximate surface area is 88.3 Å². The summed E-state index contributed by atoms with van der Waals surface area (Å²) in [5, 5.41) is 6.77. The van der Waals surface area contributed by atoms with Gasteiger partial charge in [0.25, 0.3) is 0 Å². The monoisotopic (exact) mass is 213 g/mol. The third-order valence-electron chi connectivity index (χ3n) is 2.86. The van der Waals surface area contributed by atoms with Crippen molar-refractivity contribution in [1.82, 2.24) is 14.8 Å². The molecule has 2 heterocycles. The van der Waals surface area contributed by atoms with Gasteiger partial charge in [0, 0.05) is 6.61 Å². The van der Waals surface area contributed by atoms with Crippen LogP contribution in [0.5, 0.6) is 0 Å². The van der Waals surface area contributed by atoms with E-state index in [0.29, 0.717) is 4.77 Å². The lowest BCUT2D eigenvalue weighted by Crippen LogP contribution is -2.33. The molecule has 1 N–H and O–H groups in total. The van der Waals surface area contributed by atoms with Gasteiger partial charge in [0.2, 0.25) is 0 Å². The third-order valence-corrected chi connectivity index (χ3v) is 3.15. The van der Waals surface area contributed by atoms with Crippen LogP contribution in [0, 0.1) is 4.77 Å². The van der Waals surface area contributed by atoms with Gasteiger partial charge in [0.1, 0.15) is 6.33 Å². The fourth-order valence-electron chi connectivity index (χ4n) is 2.16. The number of aromatic nitrogens is 3. The summed E-state index contributed by atoms with van der Waals surface area (Å²) in [7, 11) is 0. The number of H-pyrrole nitrogens is 1. The van der Waals surface area contributed by atoms with Crippen LogP contribution in [-0.2, 0) is 10.3 Å². The quantitative estimate of drug-likeness (QED) is 0.779. The van der Waals surface area contributed by atoms with Gasteiger partial charge in [-0.05, 0) is 25.1 Å². The Morgan fingerprint density at radius 2 is 2.64 bits per heavy atom. The molecule has 1 unspecified atom stereocenters. The predicted octanol–water partition coefficient (Wildman–Crippen LogP) is 1.86. The summed E-state index contributed by atoms with van der Waals surface area (Å²) < 4.78 is 8.24. The van der Waals surface area contributed by atoms with Crippen molar-refractivity contribution in [3.8, 4) is 0 Å². The third kappa shape index (κ3) is 1.50. The summed E-state index contributed by atoms with van der Waals surface area (Å²) in [4.78, 5) is 0. The number of ether oxygens (including phenoxy) is 1. The molecule has 1 fully saturated rings. The molecule has 0 spiro atoms. The number of hydrogen-bond donors (Lipinski definition) is 1. The first-order chi connectivity index (χ1) is 6.78. The minimum Gasteiger partial charge on any atom is -0.379 e. The molecule has 1 atom stereocenters. The minimum absolute atomic E-state index is 0.0544. The smallest absolute Gasteiger partial charge is 0.195 e.